The molecule has 4 aliphatic heterocycles. The monoisotopic (exact) mass is 650 g/mol. The number of methoxy groups -OCH3 is 3. The molecule has 4 aromatic rings. The molecule has 8 rings (SSSR count). The smallest absolute Gasteiger partial charge is 0.341 e. The Balaban J connectivity index is 1.46. The summed E-state index contributed by atoms with van der Waals surface area (Å²) in [5.74, 6) is 3.03. The molecule has 4 aromatic carbocycles. The number of aliphatic hydroxyl groups is 1. The summed E-state index contributed by atoms with van der Waals surface area (Å²) in [6.07, 6.45) is 3.07. The summed E-state index contributed by atoms with van der Waals surface area (Å²) in [6, 6.07) is 20.0. The average Bonchev–Trinajstić information content (AvgIpc) is 3.10. The highest BCUT2D eigenvalue weighted by molar-refractivity contribution is 5.92. The van der Waals surface area contributed by atoms with E-state index in [1.165, 1.54) is 12.7 Å². The zero-order chi connectivity index (χ0) is 33.5. The minimum atomic E-state index is -0.445. The van der Waals surface area contributed by atoms with Gasteiger partial charge < -0.3 is 28.8 Å². The fraction of sp³-hybridized carbons (Fsp3) is 0.359. The molecule has 0 spiro atoms. The van der Waals surface area contributed by atoms with Crippen LogP contribution in [-0.4, -0.2) is 69.4 Å². The summed E-state index contributed by atoms with van der Waals surface area (Å²) in [5.41, 5.74) is 7.74. The first kappa shape index (κ1) is 32.0. The molecule has 0 saturated carbocycles. The molecule has 0 radical (unpaired) electrons. The van der Waals surface area contributed by atoms with Crippen LogP contribution in [-0.2, 0) is 37.0 Å². The number of benzene rings is 4. The summed E-state index contributed by atoms with van der Waals surface area (Å²) < 4.78 is 30.4. The summed E-state index contributed by atoms with van der Waals surface area (Å²) in [7, 11) is 8.94. The molecule has 48 heavy (non-hydrogen) atoms. The Kier molecular flexibility index (Phi) is 8.76. The van der Waals surface area contributed by atoms with E-state index in [2.05, 4.69) is 54.2 Å². The van der Waals surface area contributed by atoms with Crippen LogP contribution in [0.25, 0.3) is 0 Å². The van der Waals surface area contributed by atoms with E-state index in [-0.39, 0.29) is 18.7 Å². The fourth-order valence-corrected chi connectivity index (χ4v) is 7.49. The molecule has 0 aliphatic carbocycles. The van der Waals surface area contributed by atoms with Crippen LogP contribution in [0.2, 0.25) is 0 Å². The predicted molar refractivity (Wildman–Crippen MR) is 182 cm³/mol. The van der Waals surface area contributed by atoms with Gasteiger partial charge in [0.25, 0.3) is 0 Å². The Labute approximate surface area is 281 Å². The molecule has 6 bridgehead atoms. The van der Waals surface area contributed by atoms with Crippen molar-refractivity contribution in [2.45, 2.75) is 44.4 Å². The Morgan fingerprint density at radius 1 is 0.812 bits per heavy atom. The summed E-state index contributed by atoms with van der Waals surface area (Å²) in [6.45, 7) is 1.57. The van der Waals surface area contributed by atoms with Crippen molar-refractivity contribution in [3.8, 4) is 34.5 Å². The summed E-state index contributed by atoms with van der Waals surface area (Å²) in [4.78, 5) is 17.5. The van der Waals surface area contributed by atoms with Gasteiger partial charge in [-0.2, -0.15) is 0 Å². The lowest BCUT2D eigenvalue weighted by atomic mass is 9.86. The van der Waals surface area contributed by atoms with Crippen LogP contribution < -0.4 is 18.9 Å². The zero-order valence-corrected chi connectivity index (χ0v) is 28.2. The maximum Gasteiger partial charge on any atom is 0.341 e. The van der Waals surface area contributed by atoms with Crippen LogP contribution in [0.1, 0.15) is 61.4 Å². The molecule has 4 heterocycles. The van der Waals surface area contributed by atoms with Crippen molar-refractivity contribution in [1.29, 1.82) is 0 Å². The van der Waals surface area contributed by atoms with Crippen molar-refractivity contribution < 1.29 is 33.6 Å². The number of fused-ring (bicyclic) bond motifs is 2. The highest BCUT2D eigenvalue weighted by Crippen LogP contribution is 2.49. The molecule has 0 aromatic heterocycles. The maximum atomic E-state index is 12.8. The molecule has 0 unspecified atom stereocenters. The number of likely N-dealkylation sites (N-methyl/N-ethyl adjacent to an activating group) is 2. The van der Waals surface area contributed by atoms with Gasteiger partial charge >= 0.3 is 5.97 Å². The highest BCUT2D eigenvalue weighted by atomic mass is 16.5. The number of esters is 1. The number of ether oxygens (including phenoxy) is 5. The average molecular weight is 651 g/mol. The van der Waals surface area contributed by atoms with E-state index in [1.807, 2.05) is 24.3 Å². The number of carbonyl (C=O) groups excluding carboxylic acids is 1. The van der Waals surface area contributed by atoms with Gasteiger partial charge in [-0.1, -0.05) is 18.2 Å². The van der Waals surface area contributed by atoms with Crippen molar-refractivity contribution >= 4 is 5.97 Å². The lowest BCUT2D eigenvalue weighted by Crippen LogP contribution is -2.34. The van der Waals surface area contributed by atoms with E-state index < -0.39 is 5.97 Å². The molecule has 250 valence electrons. The standard InChI is InChI=1S/C39H42N2O7/c1-40-14-12-25-20-34(44-3)35-21-30(25)31(40)17-24-8-11-29(39(43)46-5)33(18-24)47-28-9-6-23(7-10-28)16-32-36-26(13-15-41(32)2)19-27(22-42)37(45-4)38(36)48-35/h6-11,18-21,31-32,42H,12-17,22H2,1-5H3/t31-,32+/m1/s1. The number of carbonyl (C=O) groups is 1. The van der Waals surface area contributed by atoms with Crippen molar-refractivity contribution in [3.63, 3.8) is 0 Å². The second-order valence-electron chi connectivity index (χ2n) is 12.9. The van der Waals surface area contributed by atoms with Crippen LogP contribution in [0, 0.1) is 0 Å². The van der Waals surface area contributed by atoms with Crippen molar-refractivity contribution in [2.75, 3.05) is 48.5 Å². The predicted octanol–water partition coefficient (Wildman–Crippen LogP) is 6.42. The number of rotatable bonds is 4. The van der Waals surface area contributed by atoms with E-state index in [9.17, 15) is 9.90 Å². The summed E-state index contributed by atoms with van der Waals surface area (Å²) >= 11 is 0. The number of aliphatic hydroxyl groups excluding tert-OH is 1. The van der Waals surface area contributed by atoms with Crippen LogP contribution in [0.15, 0.2) is 60.7 Å². The van der Waals surface area contributed by atoms with Crippen LogP contribution in [0.3, 0.4) is 0 Å². The Hall–Kier alpha value is -4.57. The third-order valence-corrected chi connectivity index (χ3v) is 10.1. The van der Waals surface area contributed by atoms with E-state index >= 15 is 0 Å². The Morgan fingerprint density at radius 3 is 2.23 bits per heavy atom. The SMILES string of the molecule is COC(=O)c1ccc2cc1Oc1ccc(cc1)C[C@H]1c3c(cc(CO)c(OC)c3Oc3cc4c(cc3OC)CCN(C)[C@@H]4C2)CCN1C. The van der Waals surface area contributed by atoms with Crippen LogP contribution >= 0.6 is 0 Å². The van der Waals surface area contributed by atoms with Gasteiger partial charge in [0, 0.05) is 36.3 Å². The van der Waals surface area contributed by atoms with Gasteiger partial charge in [0.15, 0.2) is 23.0 Å². The van der Waals surface area contributed by atoms with Crippen molar-refractivity contribution in [1.82, 2.24) is 9.80 Å². The lowest BCUT2D eigenvalue weighted by Gasteiger charge is -2.37. The molecule has 9 heteroatoms. The third kappa shape index (κ3) is 5.76. The zero-order valence-electron chi connectivity index (χ0n) is 28.2. The van der Waals surface area contributed by atoms with E-state index in [0.717, 1.165) is 53.7 Å². The van der Waals surface area contributed by atoms with Gasteiger partial charge in [-0.25, -0.2) is 4.79 Å². The molecular formula is C39H42N2O7. The van der Waals surface area contributed by atoms with Gasteiger partial charge in [-0.3, -0.25) is 9.80 Å². The van der Waals surface area contributed by atoms with Crippen LogP contribution in [0.5, 0.6) is 34.5 Å². The molecule has 0 amide bonds. The van der Waals surface area contributed by atoms with Crippen LogP contribution in [0.4, 0.5) is 0 Å². The van der Waals surface area contributed by atoms with Gasteiger partial charge in [-0.15, -0.1) is 0 Å². The normalized spacial score (nSPS) is 18.9. The van der Waals surface area contributed by atoms with Crippen molar-refractivity contribution in [2.24, 2.45) is 0 Å². The fourth-order valence-electron chi connectivity index (χ4n) is 7.49. The maximum absolute atomic E-state index is 12.8. The molecular weight excluding hydrogens is 608 g/mol. The molecule has 9 nitrogen and oxygen atoms in total. The van der Waals surface area contributed by atoms with E-state index in [4.69, 9.17) is 23.7 Å². The van der Waals surface area contributed by atoms with Gasteiger partial charge in [-0.05, 0) is 110 Å². The first-order valence-electron chi connectivity index (χ1n) is 16.4. The molecule has 4 aliphatic rings. The van der Waals surface area contributed by atoms with Gasteiger partial charge in [0.2, 0.25) is 0 Å². The molecule has 1 N–H and O–H groups in total. The molecule has 0 saturated heterocycles. The van der Waals surface area contributed by atoms with Gasteiger partial charge in [0.1, 0.15) is 17.1 Å². The summed E-state index contributed by atoms with van der Waals surface area (Å²) in [5, 5.41) is 10.4. The minimum Gasteiger partial charge on any atom is -0.493 e. The first-order valence-corrected chi connectivity index (χ1v) is 16.4. The first-order chi connectivity index (χ1) is 23.3. The second-order valence-corrected chi connectivity index (χ2v) is 12.9. The number of hydrogen-bond acceptors (Lipinski definition) is 9. The minimum absolute atomic E-state index is 0.0236. The Bertz CT molecular complexity index is 1850. The quantitative estimate of drug-likeness (QED) is 0.251. The molecule has 2 atom stereocenters. The molecule has 0 fully saturated rings. The van der Waals surface area contributed by atoms with E-state index in [0.29, 0.717) is 58.5 Å². The Morgan fingerprint density at radius 2 is 1.52 bits per heavy atom. The lowest BCUT2D eigenvalue weighted by molar-refractivity contribution is 0.0598. The number of nitrogens with zero attached hydrogens (tertiary/aromatic N) is 2. The largest absolute Gasteiger partial charge is 0.493 e. The third-order valence-electron chi connectivity index (χ3n) is 10.1. The van der Waals surface area contributed by atoms with Crippen molar-refractivity contribution in [3.05, 3.63) is 105 Å². The topological polar surface area (TPSA) is 89.9 Å². The van der Waals surface area contributed by atoms with Gasteiger partial charge in [0.05, 0.1) is 27.9 Å². The number of hydrogen-bond donors (Lipinski definition) is 1. The highest BCUT2D eigenvalue weighted by Gasteiger charge is 2.34. The van der Waals surface area contributed by atoms with E-state index in [1.54, 1.807) is 20.3 Å². The second kappa shape index (κ2) is 13.1.